The zero-order valence-corrected chi connectivity index (χ0v) is 20.4. The highest BCUT2D eigenvalue weighted by molar-refractivity contribution is 7.22. The molecule has 8 heteroatoms. The first kappa shape index (κ1) is 23.8. The summed E-state index contributed by atoms with van der Waals surface area (Å²) in [6.45, 7) is 5.92. The molecule has 3 aromatic rings. The number of hydrogen-bond acceptors (Lipinski definition) is 5. The highest BCUT2D eigenvalue weighted by Gasteiger charge is 2.32. The molecule has 1 fully saturated rings. The van der Waals surface area contributed by atoms with Crippen molar-refractivity contribution in [3.8, 4) is 10.4 Å². The summed E-state index contributed by atoms with van der Waals surface area (Å²) < 4.78 is 1.15. The second-order valence-corrected chi connectivity index (χ2v) is 9.59. The third-order valence-corrected chi connectivity index (χ3v) is 7.48. The smallest absolute Gasteiger partial charge is 0.313 e. The quantitative estimate of drug-likeness (QED) is 0.424. The van der Waals surface area contributed by atoms with Crippen LogP contribution in [0, 0.1) is 5.92 Å². The molecule has 7 nitrogen and oxygen atoms in total. The minimum absolute atomic E-state index is 0.0504. The predicted molar refractivity (Wildman–Crippen MR) is 138 cm³/mol. The Morgan fingerprint density at radius 3 is 2.62 bits per heavy atom. The van der Waals surface area contributed by atoms with Crippen molar-refractivity contribution in [3.05, 3.63) is 48.5 Å². The molecular formula is C26H30N4O3S. The van der Waals surface area contributed by atoms with E-state index in [9.17, 15) is 14.4 Å². The maximum atomic E-state index is 12.9. The van der Waals surface area contributed by atoms with Crippen LogP contribution in [0.3, 0.4) is 0 Å². The minimum Gasteiger partial charge on any atom is -0.398 e. The molecule has 0 bridgehead atoms. The van der Waals surface area contributed by atoms with Crippen LogP contribution in [0.4, 0.5) is 11.4 Å². The van der Waals surface area contributed by atoms with Gasteiger partial charge in [0.25, 0.3) is 0 Å². The molecule has 0 radical (unpaired) electrons. The summed E-state index contributed by atoms with van der Waals surface area (Å²) in [5.74, 6) is -1.53. The van der Waals surface area contributed by atoms with E-state index < -0.39 is 11.8 Å². The zero-order valence-electron chi connectivity index (χ0n) is 19.5. The molecule has 1 saturated heterocycles. The number of anilines is 2. The highest BCUT2D eigenvalue weighted by atomic mass is 32.1. The fourth-order valence-electron chi connectivity index (χ4n) is 4.45. The average Bonchev–Trinajstić information content (AvgIpc) is 3.29. The van der Waals surface area contributed by atoms with Crippen LogP contribution >= 0.6 is 11.3 Å². The topological polar surface area (TPSA) is 95.7 Å². The van der Waals surface area contributed by atoms with Gasteiger partial charge in [-0.1, -0.05) is 18.2 Å². The maximum Gasteiger partial charge on any atom is 0.313 e. The number of fused-ring (bicyclic) bond motifs is 1. The molecular weight excluding hydrogens is 448 g/mol. The number of nitrogens with one attached hydrogen (secondary N) is 1. The van der Waals surface area contributed by atoms with Gasteiger partial charge < -0.3 is 20.9 Å². The second kappa shape index (κ2) is 10.3. The molecule has 2 aromatic carbocycles. The first-order valence-corrected chi connectivity index (χ1v) is 12.5. The Kier molecular flexibility index (Phi) is 7.17. The van der Waals surface area contributed by atoms with Crippen molar-refractivity contribution in [1.29, 1.82) is 0 Å². The van der Waals surface area contributed by atoms with Crippen molar-refractivity contribution in [2.24, 2.45) is 5.92 Å². The van der Waals surface area contributed by atoms with Gasteiger partial charge in [0.05, 0.1) is 5.92 Å². The zero-order chi connectivity index (χ0) is 24.2. The lowest BCUT2D eigenvalue weighted by Crippen LogP contribution is -2.49. The van der Waals surface area contributed by atoms with E-state index in [0.29, 0.717) is 37.4 Å². The van der Waals surface area contributed by atoms with Crippen LogP contribution in [0.2, 0.25) is 0 Å². The molecule has 0 saturated carbocycles. The minimum atomic E-state index is -0.706. The fraction of sp³-hybridized carbons (Fsp3) is 0.346. The third-order valence-electron chi connectivity index (χ3n) is 6.33. The van der Waals surface area contributed by atoms with Crippen LogP contribution in [0.5, 0.6) is 0 Å². The lowest BCUT2D eigenvalue weighted by molar-refractivity contribution is -0.146. The number of piperidine rings is 1. The molecule has 1 atom stereocenters. The summed E-state index contributed by atoms with van der Waals surface area (Å²) in [4.78, 5) is 42.7. The summed E-state index contributed by atoms with van der Waals surface area (Å²) in [5.41, 5.74) is 8.15. The van der Waals surface area contributed by atoms with Gasteiger partial charge in [-0.05, 0) is 62.4 Å². The maximum absolute atomic E-state index is 12.9. The highest BCUT2D eigenvalue weighted by Crippen LogP contribution is 2.37. The Bertz CT molecular complexity index is 1180. The summed E-state index contributed by atoms with van der Waals surface area (Å²) in [6.07, 6.45) is 1.44. The summed E-state index contributed by atoms with van der Waals surface area (Å²) >= 11 is 1.63. The Hall–Kier alpha value is -3.39. The Morgan fingerprint density at radius 2 is 1.88 bits per heavy atom. The van der Waals surface area contributed by atoms with E-state index in [1.54, 1.807) is 34.4 Å². The molecule has 3 N–H and O–H groups in total. The van der Waals surface area contributed by atoms with E-state index in [1.807, 2.05) is 32.0 Å². The number of thiophene rings is 1. The molecule has 0 aliphatic carbocycles. The van der Waals surface area contributed by atoms with Crippen molar-refractivity contribution in [2.75, 3.05) is 37.2 Å². The van der Waals surface area contributed by atoms with Crippen molar-refractivity contribution in [1.82, 2.24) is 9.80 Å². The van der Waals surface area contributed by atoms with E-state index in [4.69, 9.17) is 5.73 Å². The molecule has 1 unspecified atom stereocenters. The first-order chi connectivity index (χ1) is 16.4. The van der Waals surface area contributed by atoms with E-state index >= 15 is 0 Å². The standard InChI is InChI=1S/C26H30N4O3S/c1-3-29(4-2)25(32)18-9-7-13-30(16-18)26(33)24(31)28-19-11-12-21(27)20(15-19)23-14-17-8-5-6-10-22(17)34-23/h5-6,8,10-12,14-15,18H,3-4,7,9,13,16,27H2,1-2H3,(H,28,31). The number of carbonyl (C=O) groups excluding carboxylic acids is 3. The van der Waals surface area contributed by atoms with E-state index in [2.05, 4.69) is 17.4 Å². The van der Waals surface area contributed by atoms with Crippen molar-refractivity contribution < 1.29 is 14.4 Å². The number of nitrogen functional groups attached to an aromatic ring is 1. The van der Waals surface area contributed by atoms with Crippen LogP contribution in [0.15, 0.2) is 48.5 Å². The van der Waals surface area contributed by atoms with Crippen molar-refractivity contribution in [2.45, 2.75) is 26.7 Å². The lowest BCUT2D eigenvalue weighted by Gasteiger charge is -2.34. The Morgan fingerprint density at radius 1 is 1.12 bits per heavy atom. The molecule has 0 spiro atoms. The number of rotatable bonds is 5. The molecule has 4 rings (SSSR count). The normalized spacial score (nSPS) is 15.8. The number of amides is 3. The number of nitrogens with zero attached hydrogens (tertiary/aromatic N) is 2. The van der Waals surface area contributed by atoms with Gasteiger partial charge in [-0.2, -0.15) is 0 Å². The molecule has 1 aromatic heterocycles. The van der Waals surface area contributed by atoms with Crippen LogP contribution in [0.25, 0.3) is 20.5 Å². The van der Waals surface area contributed by atoms with Crippen molar-refractivity contribution >= 4 is 50.5 Å². The van der Waals surface area contributed by atoms with Crippen LogP contribution in [-0.4, -0.2) is 53.7 Å². The van der Waals surface area contributed by atoms with Gasteiger partial charge in [-0.25, -0.2) is 0 Å². The number of likely N-dealkylation sites (tertiary alicyclic amines) is 1. The SMILES string of the molecule is CCN(CC)C(=O)C1CCCN(C(=O)C(=O)Nc2ccc(N)c(-c3cc4ccccc4s3)c2)C1. The summed E-state index contributed by atoms with van der Waals surface area (Å²) in [6, 6.07) is 15.4. The van der Waals surface area contributed by atoms with E-state index in [0.717, 1.165) is 26.9 Å². The van der Waals surface area contributed by atoms with Gasteiger partial charge in [-0.3, -0.25) is 14.4 Å². The number of carbonyl (C=O) groups is 3. The van der Waals surface area contributed by atoms with Gasteiger partial charge in [0.15, 0.2) is 0 Å². The molecule has 34 heavy (non-hydrogen) atoms. The monoisotopic (exact) mass is 478 g/mol. The van der Waals surface area contributed by atoms with Crippen LogP contribution in [0.1, 0.15) is 26.7 Å². The number of benzene rings is 2. The largest absolute Gasteiger partial charge is 0.398 e. The van der Waals surface area contributed by atoms with Crippen LogP contribution in [-0.2, 0) is 14.4 Å². The second-order valence-electron chi connectivity index (χ2n) is 8.51. The van der Waals surface area contributed by atoms with Crippen LogP contribution < -0.4 is 11.1 Å². The van der Waals surface area contributed by atoms with Gasteiger partial charge in [-0.15, -0.1) is 11.3 Å². The van der Waals surface area contributed by atoms with E-state index in [-0.39, 0.29) is 18.4 Å². The van der Waals surface area contributed by atoms with Gasteiger partial charge in [0, 0.05) is 52.7 Å². The average molecular weight is 479 g/mol. The van der Waals surface area contributed by atoms with Crippen molar-refractivity contribution in [3.63, 3.8) is 0 Å². The Labute approximate surface area is 203 Å². The molecule has 2 heterocycles. The fourth-order valence-corrected chi connectivity index (χ4v) is 5.55. The molecule has 3 amide bonds. The van der Waals surface area contributed by atoms with Gasteiger partial charge in [0.2, 0.25) is 5.91 Å². The molecule has 178 valence electrons. The summed E-state index contributed by atoms with van der Waals surface area (Å²) in [7, 11) is 0. The molecule has 1 aliphatic rings. The molecule has 1 aliphatic heterocycles. The third kappa shape index (κ3) is 4.92. The number of nitrogens with two attached hydrogens (primary N) is 1. The lowest BCUT2D eigenvalue weighted by atomic mass is 9.96. The summed E-state index contributed by atoms with van der Waals surface area (Å²) in [5, 5.41) is 3.85. The Balaban J connectivity index is 1.46. The van der Waals surface area contributed by atoms with Gasteiger partial charge >= 0.3 is 11.8 Å². The predicted octanol–water partition coefficient (Wildman–Crippen LogP) is 4.20. The number of hydrogen-bond donors (Lipinski definition) is 2. The van der Waals surface area contributed by atoms with E-state index in [1.165, 1.54) is 4.90 Å². The van der Waals surface area contributed by atoms with Gasteiger partial charge in [0.1, 0.15) is 0 Å². The first-order valence-electron chi connectivity index (χ1n) is 11.7.